The van der Waals surface area contributed by atoms with Crippen LogP contribution in [-0.2, 0) is 26.4 Å². The van der Waals surface area contributed by atoms with Gasteiger partial charge in [0.1, 0.15) is 0 Å². The summed E-state index contributed by atoms with van der Waals surface area (Å²) in [5.74, 6) is -0.318. The van der Waals surface area contributed by atoms with Crippen LogP contribution in [0.25, 0.3) is 0 Å². The van der Waals surface area contributed by atoms with Gasteiger partial charge in [-0.05, 0) is 102 Å². The molecule has 1 aliphatic carbocycles. The molecule has 2 heterocycles. The van der Waals surface area contributed by atoms with E-state index in [4.69, 9.17) is 0 Å². The van der Waals surface area contributed by atoms with Crippen molar-refractivity contribution in [2.24, 2.45) is 0 Å². The van der Waals surface area contributed by atoms with E-state index in [0.717, 1.165) is 38.6 Å². The zero-order valence-electron chi connectivity index (χ0n) is 34.3. The topological polar surface area (TPSA) is 63.7 Å². The molecule has 0 saturated heterocycles. The van der Waals surface area contributed by atoms with Gasteiger partial charge in [-0.25, -0.2) is 8.42 Å². The van der Waals surface area contributed by atoms with Crippen molar-refractivity contribution in [2.45, 2.75) is 128 Å². The summed E-state index contributed by atoms with van der Waals surface area (Å²) < 4.78 is 34.2. The molecule has 0 radical (unpaired) electrons. The van der Waals surface area contributed by atoms with Crippen LogP contribution in [0.3, 0.4) is 0 Å². The minimum Gasteiger partial charge on any atom is -0.748 e. The molecule has 0 bridgehead atoms. The number of fused-ring (bicyclic) bond motifs is 2. The Morgan fingerprint density at radius 2 is 1.51 bits per heavy atom. The summed E-state index contributed by atoms with van der Waals surface area (Å²) >= 11 is 1.89. The number of thioether (sulfide) groups is 1. The molecule has 0 fully saturated rings. The van der Waals surface area contributed by atoms with Gasteiger partial charge in [0.2, 0.25) is 0 Å². The monoisotopic (exact) mass is 777 g/mol. The van der Waals surface area contributed by atoms with Gasteiger partial charge in [-0.15, -0.1) is 0 Å². The molecule has 3 aromatic carbocycles. The number of anilines is 2. The van der Waals surface area contributed by atoms with Gasteiger partial charge in [0.05, 0.1) is 16.2 Å². The fourth-order valence-corrected chi connectivity index (χ4v) is 10.4. The summed E-state index contributed by atoms with van der Waals surface area (Å²) in [5, 5.41) is 0. The molecule has 6 rings (SSSR count). The third kappa shape index (κ3) is 9.05. The maximum atomic E-state index is 11.4. The number of hydrogen-bond donors (Lipinski definition) is 0. The van der Waals surface area contributed by atoms with Crippen molar-refractivity contribution in [3.8, 4) is 0 Å². The summed E-state index contributed by atoms with van der Waals surface area (Å²) in [5.41, 5.74) is 10.5. The summed E-state index contributed by atoms with van der Waals surface area (Å²) in [6, 6.07) is 26.7. The van der Waals surface area contributed by atoms with Gasteiger partial charge in [0.15, 0.2) is 0 Å². The van der Waals surface area contributed by atoms with Crippen LogP contribution in [0, 0.1) is 0 Å². The van der Waals surface area contributed by atoms with Gasteiger partial charge in [-0.3, -0.25) is 0 Å². The SMILES string of the molecule is CCCCN1C(=C/C=C2\CCCC(/C=C/C3N(CCCCS(=O)(=O)[O-])c4ccccc4C3(C)C)=C2Sc2ccc(C(C)(C)C)cc2)C(C)(C)c2ccccc21. The highest BCUT2D eigenvalue weighted by atomic mass is 32.2. The molecule has 3 aliphatic rings. The quantitative estimate of drug-likeness (QED) is 0.127. The van der Waals surface area contributed by atoms with Crippen LogP contribution in [0.5, 0.6) is 0 Å². The normalized spacial score (nSPS) is 20.9. The standard InChI is InChI=1S/C48H62N2O3S2/c1-9-10-32-49-41-22-13-11-20-39(41)47(5,6)43(49)30-24-35-18-17-19-36(45(35)54-38-28-26-37(27-29-38)46(2,3)4)25-31-44-48(7,8)40-21-12-14-23-42(40)50(44)33-15-16-34-55(51,52)53/h11-14,20-31,44H,9-10,15-19,32-34H2,1-8H3,(H,51,52,53)/p-1/b31-25+,35-24+,43-30?. The van der Waals surface area contributed by atoms with Crippen LogP contribution < -0.4 is 9.80 Å². The van der Waals surface area contributed by atoms with Crippen LogP contribution in [-0.4, -0.2) is 37.9 Å². The summed E-state index contributed by atoms with van der Waals surface area (Å²) in [6.45, 7) is 20.1. The van der Waals surface area contributed by atoms with Crippen molar-refractivity contribution in [3.05, 3.63) is 136 Å². The molecule has 2 aliphatic heterocycles. The van der Waals surface area contributed by atoms with Gasteiger partial charge >= 0.3 is 0 Å². The average Bonchev–Trinajstić information content (AvgIpc) is 3.48. The van der Waals surface area contributed by atoms with Gasteiger partial charge in [-0.1, -0.05) is 140 Å². The van der Waals surface area contributed by atoms with Gasteiger partial charge in [0, 0.05) is 56.5 Å². The van der Waals surface area contributed by atoms with Crippen molar-refractivity contribution < 1.29 is 13.0 Å². The number of rotatable bonds is 13. The Hall–Kier alpha value is -3.52. The molecule has 55 heavy (non-hydrogen) atoms. The lowest BCUT2D eigenvalue weighted by molar-refractivity contribution is 0.456. The Labute approximate surface area is 336 Å². The highest BCUT2D eigenvalue weighted by molar-refractivity contribution is 8.03. The fraction of sp³-hybridized carbons (Fsp3) is 0.458. The van der Waals surface area contributed by atoms with E-state index in [1.807, 2.05) is 11.8 Å². The average molecular weight is 778 g/mol. The lowest BCUT2D eigenvalue weighted by Crippen LogP contribution is -2.40. The van der Waals surface area contributed by atoms with E-state index in [9.17, 15) is 13.0 Å². The minimum atomic E-state index is -4.23. The number of unbranched alkanes of at least 4 members (excludes halogenated alkanes) is 2. The van der Waals surface area contributed by atoms with Crippen LogP contribution in [0.2, 0.25) is 0 Å². The van der Waals surface area contributed by atoms with E-state index in [0.29, 0.717) is 19.4 Å². The zero-order valence-corrected chi connectivity index (χ0v) is 36.0. The zero-order chi connectivity index (χ0) is 39.6. The Morgan fingerprint density at radius 3 is 2.18 bits per heavy atom. The van der Waals surface area contributed by atoms with Crippen molar-refractivity contribution in [1.82, 2.24) is 0 Å². The molecule has 0 spiro atoms. The van der Waals surface area contributed by atoms with Crippen LogP contribution in [0.15, 0.2) is 124 Å². The second kappa shape index (κ2) is 16.5. The first-order chi connectivity index (χ1) is 26.0. The van der Waals surface area contributed by atoms with Crippen molar-refractivity contribution >= 4 is 33.3 Å². The second-order valence-corrected chi connectivity index (χ2v) is 20.3. The molecule has 1 unspecified atom stereocenters. The number of benzene rings is 3. The molecule has 0 saturated carbocycles. The van der Waals surface area contributed by atoms with Crippen LogP contribution >= 0.6 is 11.8 Å². The number of nitrogens with zero attached hydrogens (tertiary/aromatic N) is 2. The van der Waals surface area contributed by atoms with Crippen LogP contribution in [0.1, 0.15) is 117 Å². The molecular formula is C48H61N2O3S2-. The number of hydrogen-bond acceptors (Lipinski definition) is 6. The summed E-state index contributed by atoms with van der Waals surface area (Å²) in [6.07, 6.45) is 16.1. The van der Waals surface area contributed by atoms with Gasteiger partial charge in [0.25, 0.3) is 0 Å². The summed E-state index contributed by atoms with van der Waals surface area (Å²) in [4.78, 5) is 7.58. The fourth-order valence-electron chi connectivity index (χ4n) is 8.71. The third-order valence-electron chi connectivity index (χ3n) is 11.9. The van der Waals surface area contributed by atoms with E-state index in [-0.39, 0.29) is 28.0 Å². The molecule has 3 aromatic rings. The highest BCUT2D eigenvalue weighted by Gasteiger charge is 2.43. The Kier molecular flexibility index (Phi) is 12.4. The first-order valence-corrected chi connectivity index (χ1v) is 22.7. The first kappa shape index (κ1) is 41.1. The molecule has 1 atom stereocenters. The second-order valence-electron chi connectivity index (χ2n) is 17.7. The molecule has 0 aromatic heterocycles. The van der Waals surface area contributed by atoms with Crippen molar-refractivity contribution in [1.29, 1.82) is 0 Å². The Morgan fingerprint density at radius 1 is 0.836 bits per heavy atom. The highest BCUT2D eigenvalue weighted by Crippen LogP contribution is 2.49. The summed E-state index contributed by atoms with van der Waals surface area (Å²) in [7, 11) is -4.23. The number of para-hydroxylation sites is 2. The molecule has 5 nitrogen and oxygen atoms in total. The van der Waals surface area contributed by atoms with Crippen molar-refractivity contribution in [2.75, 3.05) is 28.6 Å². The smallest absolute Gasteiger partial charge is 0.0945 e. The molecular weight excluding hydrogens is 717 g/mol. The largest absolute Gasteiger partial charge is 0.748 e. The van der Waals surface area contributed by atoms with E-state index < -0.39 is 10.1 Å². The molecule has 7 heteroatoms. The van der Waals surface area contributed by atoms with E-state index >= 15 is 0 Å². The Bertz CT molecular complexity index is 2080. The third-order valence-corrected chi connectivity index (χ3v) is 13.9. The Balaban J connectivity index is 1.40. The van der Waals surface area contributed by atoms with Gasteiger partial charge in [-0.2, -0.15) is 0 Å². The predicted octanol–water partition coefficient (Wildman–Crippen LogP) is 12.0. The maximum absolute atomic E-state index is 11.4. The predicted molar refractivity (Wildman–Crippen MR) is 233 cm³/mol. The van der Waals surface area contributed by atoms with Crippen molar-refractivity contribution in [3.63, 3.8) is 0 Å². The minimum absolute atomic E-state index is 0.0833. The van der Waals surface area contributed by atoms with Crippen LogP contribution in [0.4, 0.5) is 11.4 Å². The van der Waals surface area contributed by atoms with Gasteiger partial charge < -0.3 is 14.4 Å². The van der Waals surface area contributed by atoms with E-state index in [1.54, 1.807) is 0 Å². The number of allylic oxidation sites excluding steroid dienone is 6. The van der Waals surface area contributed by atoms with E-state index in [1.165, 1.54) is 54.7 Å². The lowest BCUT2D eigenvalue weighted by atomic mass is 9.80. The van der Waals surface area contributed by atoms with E-state index in [2.05, 4.69) is 162 Å². The first-order valence-electron chi connectivity index (χ1n) is 20.3. The molecule has 0 amide bonds. The molecule has 294 valence electrons. The molecule has 0 N–H and O–H groups in total. The lowest BCUT2D eigenvalue weighted by Gasteiger charge is -2.33. The maximum Gasteiger partial charge on any atom is 0.0945 e.